The smallest absolute Gasteiger partial charge is 0.254 e. The summed E-state index contributed by atoms with van der Waals surface area (Å²) in [7, 11) is 0. The highest BCUT2D eigenvalue weighted by molar-refractivity contribution is 9.12. The Kier molecular flexibility index (Phi) is 3.90. The van der Waals surface area contributed by atoms with E-state index < -0.39 is 0 Å². The van der Waals surface area contributed by atoms with Crippen LogP contribution >= 0.6 is 43.2 Å². The van der Waals surface area contributed by atoms with Gasteiger partial charge in [0.25, 0.3) is 5.91 Å². The largest absolute Gasteiger partial charge is 0.339 e. The first-order valence-electron chi connectivity index (χ1n) is 3.25. The molecule has 68 valence electrons. The van der Waals surface area contributed by atoms with Crippen molar-refractivity contribution in [1.29, 1.82) is 5.26 Å². The first kappa shape index (κ1) is 10.7. The molecule has 0 fully saturated rings. The molecule has 1 heterocycles. The molecule has 1 N–H and O–H groups in total. The molecule has 0 radical (unpaired) electrons. The number of carbonyl (C=O) groups is 1. The zero-order chi connectivity index (χ0) is 9.84. The van der Waals surface area contributed by atoms with Crippen LogP contribution in [0, 0.1) is 11.3 Å². The average Bonchev–Trinajstić information content (AvgIpc) is 2.41. The molecular weight excluding hydrogens is 320 g/mol. The highest BCUT2D eigenvalue weighted by Gasteiger charge is 2.12. The number of nitrogens with one attached hydrogen (secondary N) is 1. The third kappa shape index (κ3) is 2.79. The second-order valence-electron chi connectivity index (χ2n) is 2.08. The second-order valence-corrected chi connectivity index (χ2v) is 5.83. The molecule has 1 aromatic heterocycles. The standard InChI is InChI=1S/C7H4Br2N2OS/c8-5-3-4(6(9)13-5)7(12)11-2-1-10/h3H,2H2,(H,11,12). The number of nitriles is 1. The molecule has 1 rings (SSSR count). The molecule has 1 amide bonds. The van der Waals surface area contributed by atoms with Crippen molar-refractivity contribution in [2.24, 2.45) is 0 Å². The summed E-state index contributed by atoms with van der Waals surface area (Å²) in [5, 5.41) is 10.7. The van der Waals surface area contributed by atoms with Crippen LogP contribution in [0.15, 0.2) is 13.6 Å². The molecule has 1 aromatic rings. The third-order valence-electron chi connectivity index (χ3n) is 1.23. The highest BCUT2D eigenvalue weighted by Crippen LogP contribution is 2.31. The average molecular weight is 324 g/mol. The molecule has 0 saturated carbocycles. The number of hydrogen-bond donors (Lipinski definition) is 1. The Morgan fingerprint density at radius 2 is 2.38 bits per heavy atom. The van der Waals surface area contributed by atoms with Crippen LogP contribution in [-0.2, 0) is 0 Å². The van der Waals surface area contributed by atoms with E-state index in [9.17, 15) is 4.79 Å². The van der Waals surface area contributed by atoms with Gasteiger partial charge in [-0.05, 0) is 37.9 Å². The van der Waals surface area contributed by atoms with E-state index in [4.69, 9.17) is 5.26 Å². The van der Waals surface area contributed by atoms with Gasteiger partial charge >= 0.3 is 0 Å². The summed E-state index contributed by atoms with van der Waals surface area (Å²) in [6, 6.07) is 3.55. The van der Waals surface area contributed by atoms with E-state index >= 15 is 0 Å². The molecule has 0 aliphatic carbocycles. The van der Waals surface area contributed by atoms with Gasteiger partial charge in [0, 0.05) is 0 Å². The van der Waals surface area contributed by atoms with E-state index in [2.05, 4.69) is 37.2 Å². The van der Waals surface area contributed by atoms with Gasteiger partial charge in [0.1, 0.15) is 6.54 Å². The maximum atomic E-state index is 11.3. The number of carbonyl (C=O) groups excluding carboxylic acids is 1. The van der Waals surface area contributed by atoms with Gasteiger partial charge in [-0.25, -0.2) is 0 Å². The Hall–Kier alpha value is -0.380. The van der Waals surface area contributed by atoms with Crippen molar-refractivity contribution in [3.63, 3.8) is 0 Å². The summed E-state index contributed by atoms with van der Waals surface area (Å²) >= 11 is 7.94. The zero-order valence-electron chi connectivity index (χ0n) is 6.30. The van der Waals surface area contributed by atoms with Crippen LogP contribution in [-0.4, -0.2) is 12.5 Å². The predicted octanol–water partition coefficient (Wildman–Crippen LogP) is 2.53. The minimum absolute atomic E-state index is 0.0265. The quantitative estimate of drug-likeness (QED) is 0.850. The van der Waals surface area contributed by atoms with Crippen LogP contribution in [0.5, 0.6) is 0 Å². The van der Waals surface area contributed by atoms with Gasteiger partial charge in [0.15, 0.2) is 0 Å². The molecule has 0 aromatic carbocycles. The van der Waals surface area contributed by atoms with E-state index in [-0.39, 0.29) is 12.5 Å². The molecule has 3 nitrogen and oxygen atoms in total. The second kappa shape index (κ2) is 4.74. The summed E-state index contributed by atoms with van der Waals surface area (Å²) < 4.78 is 1.64. The minimum atomic E-state index is -0.240. The van der Waals surface area contributed by atoms with Gasteiger partial charge < -0.3 is 5.32 Å². The molecule has 0 bridgehead atoms. The molecule has 6 heteroatoms. The number of amides is 1. The first-order valence-corrected chi connectivity index (χ1v) is 5.65. The lowest BCUT2D eigenvalue weighted by molar-refractivity contribution is 0.0958. The van der Waals surface area contributed by atoms with Gasteiger partial charge in [-0.1, -0.05) is 0 Å². The number of nitrogens with zero attached hydrogens (tertiary/aromatic N) is 1. The number of hydrogen-bond acceptors (Lipinski definition) is 3. The van der Waals surface area contributed by atoms with Crippen molar-refractivity contribution in [3.05, 3.63) is 19.2 Å². The van der Waals surface area contributed by atoms with Crippen LogP contribution in [0.2, 0.25) is 0 Å². The fourth-order valence-electron chi connectivity index (χ4n) is 0.710. The minimum Gasteiger partial charge on any atom is -0.339 e. The summed E-state index contributed by atoms with van der Waals surface area (Å²) in [5.41, 5.74) is 0.548. The Balaban J connectivity index is 2.78. The Morgan fingerprint density at radius 1 is 1.69 bits per heavy atom. The predicted molar refractivity (Wildman–Crippen MR) is 57.7 cm³/mol. The maximum absolute atomic E-state index is 11.3. The molecule has 0 unspecified atom stereocenters. The van der Waals surface area contributed by atoms with Crippen molar-refractivity contribution in [3.8, 4) is 6.07 Å². The van der Waals surface area contributed by atoms with E-state index in [1.165, 1.54) is 11.3 Å². The Bertz CT molecular complexity index is 369. The van der Waals surface area contributed by atoms with E-state index in [1.54, 1.807) is 6.07 Å². The number of halogens is 2. The van der Waals surface area contributed by atoms with Gasteiger partial charge in [-0.3, -0.25) is 4.79 Å². The summed E-state index contributed by atoms with van der Waals surface area (Å²) in [4.78, 5) is 11.3. The van der Waals surface area contributed by atoms with Crippen molar-refractivity contribution in [2.75, 3.05) is 6.54 Å². The fourth-order valence-corrected chi connectivity index (χ4v) is 3.50. The van der Waals surface area contributed by atoms with E-state index in [0.29, 0.717) is 5.56 Å². The summed E-state index contributed by atoms with van der Waals surface area (Å²) in [6.07, 6.45) is 0. The first-order chi connectivity index (χ1) is 6.15. The number of thiophene rings is 1. The molecule has 0 saturated heterocycles. The SMILES string of the molecule is N#CCNC(=O)c1cc(Br)sc1Br. The van der Waals surface area contributed by atoms with Crippen LogP contribution in [0.1, 0.15) is 10.4 Å². The monoisotopic (exact) mass is 322 g/mol. The Morgan fingerprint density at radius 3 is 2.85 bits per heavy atom. The third-order valence-corrected chi connectivity index (χ3v) is 3.57. The lowest BCUT2D eigenvalue weighted by Crippen LogP contribution is -2.23. The van der Waals surface area contributed by atoms with Crippen LogP contribution in [0.3, 0.4) is 0 Å². The number of rotatable bonds is 2. The van der Waals surface area contributed by atoms with Gasteiger partial charge in [0.05, 0.1) is 19.2 Å². The van der Waals surface area contributed by atoms with E-state index in [0.717, 1.165) is 7.57 Å². The van der Waals surface area contributed by atoms with Crippen molar-refractivity contribution in [2.45, 2.75) is 0 Å². The zero-order valence-corrected chi connectivity index (χ0v) is 10.3. The van der Waals surface area contributed by atoms with Gasteiger partial charge in [-0.15, -0.1) is 11.3 Å². The van der Waals surface area contributed by atoms with Crippen molar-refractivity contribution >= 4 is 49.1 Å². The molecule has 0 aliphatic heterocycles. The molecule has 0 spiro atoms. The molecular formula is C7H4Br2N2OS. The van der Waals surface area contributed by atoms with Crippen molar-refractivity contribution in [1.82, 2.24) is 5.32 Å². The van der Waals surface area contributed by atoms with Crippen molar-refractivity contribution < 1.29 is 4.79 Å². The topological polar surface area (TPSA) is 52.9 Å². The molecule has 0 atom stereocenters. The van der Waals surface area contributed by atoms with Crippen LogP contribution < -0.4 is 5.32 Å². The lowest BCUT2D eigenvalue weighted by atomic mass is 10.3. The summed E-state index contributed by atoms with van der Waals surface area (Å²) in [6.45, 7) is 0.0265. The van der Waals surface area contributed by atoms with Gasteiger partial charge in [0.2, 0.25) is 0 Å². The van der Waals surface area contributed by atoms with E-state index in [1.807, 2.05) is 6.07 Å². The maximum Gasteiger partial charge on any atom is 0.254 e. The molecule has 0 aliphatic rings. The lowest BCUT2D eigenvalue weighted by Gasteiger charge is -1.97. The van der Waals surface area contributed by atoms with Crippen LogP contribution in [0.25, 0.3) is 0 Å². The summed E-state index contributed by atoms with van der Waals surface area (Å²) in [5.74, 6) is -0.240. The fraction of sp³-hybridized carbons (Fsp3) is 0.143. The Labute approximate surface area is 96.0 Å². The van der Waals surface area contributed by atoms with Crippen LogP contribution in [0.4, 0.5) is 0 Å². The normalized spacial score (nSPS) is 9.31. The van der Waals surface area contributed by atoms with Gasteiger partial charge in [-0.2, -0.15) is 5.26 Å². The molecule has 13 heavy (non-hydrogen) atoms. The highest BCUT2D eigenvalue weighted by atomic mass is 79.9.